The van der Waals surface area contributed by atoms with E-state index in [2.05, 4.69) is 17.4 Å². The first-order valence-corrected chi connectivity index (χ1v) is 6.13. The van der Waals surface area contributed by atoms with Crippen molar-refractivity contribution in [2.45, 2.75) is 31.7 Å². The van der Waals surface area contributed by atoms with Gasteiger partial charge in [0.05, 0.1) is 12.3 Å². The molecule has 1 saturated heterocycles. The lowest BCUT2D eigenvalue weighted by Gasteiger charge is -2.22. The van der Waals surface area contributed by atoms with Gasteiger partial charge in [0, 0.05) is 6.04 Å². The van der Waals surface area contributed by atoms with Crippen LogP contribution in [0, 0.1) is 0 Å². The van der Waals surface area contributed by atoms with Crippen LogP contribution in [-0.4, -0.2) is 13.2 Å². The highest BCUT2D eigenvalue weighted by Gasteiger charge is 2.22. The molecule has 1 aromatic rings. The maximum Gasteiger partial charge on any atom is 0.145 e. The van der Waals surface area contributed by atoms with Crippen LogP contribution in [0.25, 0.3) is 0 Å². The summed E-state index contributed by atoms with van der Waals surface area (Å²) in [6.45, 7) is 1.90. The Balaban J connectivity index is 1.99. The molecule has 16 heavy (non-hydrogen) atoms. The highest BCUT2D eigenvalue weighted by Crippen LogP contribution is 2.38. The Morgan fingerprint density at radius 1 is 1.31 bits per heavy atom. The average Bonchev–Trinajstić information content (AvgIpc) is 2.83. The highest BCUT2D eigenvalue weighted by atomic mass is 16.5. The number of anilines is 1. The van der Waals surface area contributed by atoms with E-state index in [-0.39, 0.29) is 0 Å². The summed E-state index contributed by atoms with van der Waals surface area (Å²) in [6, 6.07) is 4.78. The van der Waals surface area contributed by atoms with Crippen LogP contribution in [-0.2, 0) is 6.42 Å². The van der Waals surface area contributed by atoms with Gasteiger partial charge in [0.15, 0.2) is 0 Å². The van der Waals surface area contributed by atoms with Crippen LogP contribution in [0.15, 0.2) is 12.1 Å². The molecule has 0 unspecified atom stereocenters. The van der Waals surface area contributed by atoms with E-state index in [1.165, 1.54) is 24.0 Å². The Morgan fingerprint density at radius 2 is 2.25 bits per heavy atom. The Morgan fingerprint density at radius 3 is 3.06 bits per heavy atom. The number of nitrogens with two attached hydrogens (primary N) is 1. The van der Waals surface area contributed by atoms with Gasteiger partial charge in [-0.3, -0.25) is 0 Å². The summed E-state index contributed by atoms with van der Waals surface area (Å²) in [4.78, 5) is 0. The molecule has 2 heterocycles. The number of aryl methyl sites for hydroxylation is 1. The van der Waals surface area contributed by atoms with Crippen molar-refractivity contribution in [2.75, 3.05) is 18.9 Å². The predicted octanol–water partition coefficient (Wildman–Crippen LogP) is 2.02. The normalized spacial score (nSPS) is 23.9. The lowest BCUT2D eigenvalue weighted by molar-refractivity contribution is 0.289. The first-order chi connectivity index (χ1) is 7.86. The van der Waals surface area contributed by atoms with Crippen molar-refractivity contribution in [3.63, 3.8) is 0 Å². The number of nitrogens with one attached hydrogen (secondary N) is 1. The number of hydrogen-bond acceptors (Lipinski definition) is 3. The fourth-order valence-corrected chi connectivity index (χ4v) is 2.72. The molecule has 0 saturated carbocycles. The molecule has 0 aliphatic carbocycles. The van der Waals surface area contributed by atoms with E-state index in [0.29, 0.717) is 6.04 Å². The van der Waals surface area contributed by atoms with Gasteiger partial charge in [0.1, 0.15) is 5.75 Å². The van der Waals surface area contributed by atoms with Crippen LogP contribution in [0.5, 0.6) is 5.75 Å². The van der Waals surface area contributed by atoms with Crippen LogP contribution in [0.1, 0.15) is 36.4 Å². The first kappa shape index (κ1) is 9.97. The van der Waals surface area contributed by atoms with Gasteiger partial charge < -0.3 is 15.8 Å². The van der Waals surface area contributed by atoms with E-state index in [1.807, 2.05) is 0 Å². The predicted molar refractivity (Wildman–Crippen MR) is 64.6 cm³/mol. The van der Waals surface area contributed by atoms with E-state index in [0.717, 1.165) is 37.4 Å². The van der Waals surface area contributed by atoms with E-state index in [1.54, 1.807) is 0 Å². The zero-order valence-corrected chi connectivity index (χ0v) is 9.46. The van der Waals surface area contributed by atoms with Crippen LogP contribution < -0.4 is 15.8 Å². The molecule has 86 valence electrons. The summed E-state index contributed by atoms with van der Waals surface area (Å²) < 4.78 is 5.70. The highest BCUT2D eigenvalue weighted by molar-refractivity contribution is 5.63. The van der Waals surface area contributed by atoms with E-state index >= 15 is 0 Å². The van der Waals surface area contributed by atoms with Gasteiger partial charge in [0.25, 0.3) is 0 Å². The summed E-state index contributed by atoms with van der Waals surface area (Å²) in [5, 5.41) is 3.48. The fourth-order valence-electron chi connectivity index (χ4n) is 2.72. The fraction of sp³-hybridized carbons (Fsp3) is 0.538. The lowest BCUT2D eigenvalue weighted by atomic mass is 9.97. The van der Waals surface area contributed by atoms with Crippen molar-refractivity contribution in [2.24, 2.45) is 0 Å². The zero-order chi connectivity index (χ0) is 11.0. The van der Waals surface area contributed by atoms with Gasteiger partial charge in [-0.2, -0.15) is 0 Å². The van der Waals surface area contributed by atoms with Gasteiger partial charge in [-0.1, -0.05) is 12.1 Å². The third-order valence-electron chi connectivity index (χ3n) is 3.58. The first-order valence-electron chi connectivity index (χ1n) is 6.13. The number of fused-ring (bicyclic) bond motifs is 1. The summed E-state index contributed by atoms with van der Waals surface area (Å²) >= 11 is 0. The van der Waals surface area contributed by atoms with Crippen molar-refractivity contribution in [3.05, 3.63) is 23.3 Å². The second-order valence-corrected chi connectivity index (χ2v) is 4.66. The van der Waals surface area contributed by atoms with Gasteiger partial charge in [-0.15, -0.1) is 0 Å². The molecule has 1 aromatic carbocycles. The molecule has 3 rings (SSSR count). The smallest absolute Gasteiger partial charge is 0.145 e. The summed E-state index contributed by atoms with van der Waals surface area (Å²) in [5.41, 5.74) is 9.57. The minimum Gasteiger partial charge on any atom is -0.491 e. The SMILES string of the molecule is Nc1c([C@@H]2CCCN2)ccc2c1OCCC2. The molecule has 1 fully saturated rings. The van der Waals surface area contributed by atoms with E-state index < -0.39 is 0 Å². The minimum atomic E-state index is 0.427. The standard InChI is InChI=1S/C13H18N2O/c14-12-10(11-4-1-7-15-11)6-5-9-3-2-8-16-13(9)12/h5-6,11,15H,1-4,7-8,14H2/t11-/m0/s1. The van der Waals surface area contributed by atoms with Crippen molar-refractivity contribution in [1.29, 1.82) is 0 Å². The summed E-state index contributed by atoms with van der Waals surface area (Å²) in [6.07, 6.45) is 4.62. The molecule has 3 heteroatoms. The van der Waals surface area contributed by atoms with Crippen LogP contribution in [0.4, 0.5) is 5.69 Å². The molecule has 0 aromatic heterocycles. The molecule has 0 bridgehead atoms. The monoisotopic (exact) mass is 218 g/mol. The van der Waals surface area contributed by atoms with Crippen LogP contribution in [0.2, 0.25) is 0 Å². The molecular weight excluding hydrogens is 200 g/mol. The molecule has 0 radical (unpaired) electrons. The third kappa shape index (κ3) is 1.55. The molecule has 0 amide bonds. The number of hydrogen-bond donors (Lipinski definition) is 2. The van der Waals surface area contributed by atoms with Crippen LogP contribution >= 0.6 is 0 Å². The Bertz CT molecular complexity index is 397. The number of benzene rings is 1. The Kier molecular flexibility index (Phi) is 2.48. The maximum absolute atomic E-state index is 6.22. The molecule has 0 spiro atoms. The van der Waals surface area contributed by atoms with E-state index in [9.17, 15) is 0 Å². The van der Waals surface area contributed by atoms with Crippen molar-refractivity contribution in [3.8, 4) is 5.75 Å². The molecule has 3 N–H and O–H groups in total. The summed E-state index contributed by atoms with van der Waals surface area (Å²) in [5.74, 6) is 0.942. The van der Waals surface area contributed by atoms with Crippen molar-refractivity contribution in [1.82, 2.24) is 5.32 Å². The number of rotatable bonds is 1. The lowest BCUT2D eigenvalue weighted by Crippen LogP contribution is -2.17. The van der Waals surface area contributed by atoms with E-state index in [4.69, 9.17) is 10.5 Å². The molecule has 2 aliphatic rings. The summed E-state index contributed by atoms with van der Waals surface area (Å²) in [7, 11) is 0. The quantitative estimate of drug-likeness (QED) is 0.709. The van der Waals surface area contributed by atoms with Gasteiger partial charge in [-0.05, 0) is 43.4 Å². The molecule has 1 atom stereocenters. The Hall–Kier alpha value is -1.22. The van der Waals surface area contributed by atoms with Gasteiger partial charge in [0.2, 0.25) is 0 Å². The largest absolute Gasteiger partial charge is 0.491 e. The van der Waals surface area contributed by atoms with Crippen LogP contribution in [0.3, 0.4) is 0 Å². The van der Waals surface area contributed by atoms with Crippen molar-refractivity contribution < 1.29 is 4.74 Å². The molecule has 3 nitrogen and oxygen atoms in total. The third-order valence-corrected chi connectivity index (χ3v) is 3.58. The molecule has 2 aliphatic heterocycles. The second kappa shape index (κ2) is 3.98. The zero-order valence-electron chi connectivity index (χ0n) is 9.46. The van der Waals surface area contributed by atoms with Crippen molar-refractivity contribution >= 4 is 5.69 Å². The average molecular weight is 218 g/mol. The number of nitrogen functional groups attached to an aromatic ring is 1. The minimum absolute atomic E-state index is 0.427. The topological polar surface area (TPSA) is 47.3 Å². The second-order valence-electron chi connectivity index (χ2n) is 4.66. The Labute approximate surface area is 96.0 Å². The van der Waals surface area contributed by atoms with Gasteiger partial charge >= 0.3 is 0 Å². The number of ether oxygens (including phenoxy) is 1. The maximum atomic E-state index is 6.22. The van der Waals surface area contributed by atoms with Gasteiger partial charge in [-0.25, -0.2) is 0 Å². The molecular formula is C13H18N2O.